The summed E-state index contributed by atoms with van der Waals surface area (Å²) in [6.07, 6.45) is 6.94. The van der Waals surface area contributed by atoms with Crippen molar-refractivity contribution in [2.45, 2.75) is 70.7 Å². The van der Waals surface area contributed by atoms with E-state index in [-0.39, 0.29) is 24.3 Å². The molecule has 0 heterocycles. The van der Waals surface area contributed by atoms with E-state index in [0.29, 0.717) is 6.54 Å². The van der Waals surface area contributed by atoms with Crippen molar-refractivity contribution in [2.75, 3.05) is 6.61 Å². The van der Waals surface area contributed by atoms with Crippen LogP contribution in [0.25, 0.3) is 6.08 Å². The van der Waals surface area contributed by atoms with E-state index in [1.807, 2.05) is 45.0 Å². The molecule has 0 bridgehead atoms. The molecule has 160 valence electrons. The quantitative estimate of drug-likeness (QED) is 0.253. The second kappa shape index (κ2) is 11.1. The number of hydrogen-bond acceptors (Lipinski definition) is 6. The van der Waals surface area contributed by atoms with Gasteiger partial charge in [0.1, 0.15) is 12.1 Å². The van der Waals surface area contributed by atoms with Crippen LogP contribution in [-0.4, -0.2) is 41.4 Å². The molecule has 1 amide bonds. The number of rotatable bonds is 9. The predicted molar refractivity (Wildman–Crippen MR) is 110 cm³/mol. The van der Waals surface area contributed by atoms with Crippen LogP contribution in [0.4, 0.5) is 0 Å². The minimum atomic E-state index is -0.585. The lowest BCUT2D eigenvalue weighted by Gasteiger charge is -2.25. The van der Waals surface area contributed by atoms with Gasteiger partial charge in [0, 0.05) is 12.6 Å². The molecule has 0 radical (unpaired) electrons. The molecule has 1 atom stereocenters. The van der Waals surface area contributed by atoms with Gasteiger partial charge in [-0.15, -0.1) is 0 Å². The molecule has 1 fully saturated rings. The van der Waals surface area contributed by atoms with Gasteiger partial charge in [-0.25, -0.2) is 5.48 Å². The number of hydroxylamine groups is 1. The molecule has 1 aromatic carbocycles. The highest BCUT2D eigenvalue weighted by atomic mass is 16.6. The Labute approximate surface area is 172 Å². The van der Waals surface area contributed by atoms with Gasteiger partial charge in [0.15, 0.2) is 0 Å². The van der Waals surface area contributed by atoms with Gasteiger partial charge in [-0.1, -0.05) is 24.3 Å². The zero-order valence-electron chi connectivity index (χ0n) is 17.4. The van der Waals surface area contributed by atoms with Gasteiger partial charge in [0.25, 0.3) is 5.91 Å². The molecule has 1 aliphatic rings. The smallest absolute Gasteiger partial charge is 0.325 e. The topological polar surface area (TPSA) is 96.9 Å². The Hall–Kier alpha value is -2.22. The molecular weight excluding hydrogens is 372 g/mol. The molecular formula is C22H32N2O5. The summed E-state index contributed by atoms with van der Waals surface area (Å²) < 4.78 is 11.5. The van der Waals surface area contributed by atoms with Crippen LogP contribution in [0.3, 0.4) is 0 Å². The highest BCUT2D eigenvalue weighted by molar-refractivity contribution is 5.90. The molecule has 7 nitrogen and oxygen atoms in total. The molecule has 29 heavy (non-hydrogen) atoms. The van der Waals surface area contributed by atoms with Crippen molar-refractivity contribution in [3.05, 3.63) is 41.5 Å². The first-order valence-electron chi connectivity index (χ1n) is 10.1. The van der Waals surface area contributed by atoms with Crippen LogP contribution in [0.5, 0.6) is 0 Å². The molecule has 0 saturated heterocycles. The molecule has 0 unspecified atom stereocenters. The summed E-state index contributed by atoms with van der Waals surface area (Å²) in [5.41, 5.74) is 3.02. The summed E-state index contributed by atoms with van der Waals surface area (Å²) >= 11 is 0. The van der Waals surface area contributed by atoms with E-state index in [1.54, 1.807) is 11.6 Å². The number of amides is 1. The monoisotopic (exact) mass is 404 g/mol. The maximum atomic E-state index is 12.6. The SMILES string of the molecule is CC(C)(C)OC[C@H](NCc1ccc(/C=C/C(=O)NO)cc1)C(=O)OC1CCCC1. The van der Waals surface area contributed by atoms with Crippen molar-refractivity contribution >= 4 is 18.0 Å². The summed E-state index contributed by atoms with van der Waals surface area (Å²) in [5, 5.41) is 11.7. The Morgan fingerprint density at radius 1 is 1.21 bits per heavy atom. The molecule has 0 aromatic heterocycles. The predicted octanol–water partition coefficient (Wildman–Crippen LogP) is 2.96. The first-order chi connectivity index (χ1) is 13.8. The van der Waals surface area contributed by atoms with Gasteiger partial charge < -0.3 is 9.47 Å². The van der Waals surface area contributed by atoms with Crippen LogP contribution in [0.2, 0.25) is 0 Å². The average Bonchev–Trinajstić information content (AvgIpc) is 3.19. The van der Waals surface area contributed by atoms with Gasteiger partial charge in [0.2, 0.25) is 0 Å². The van der Waals surface area contributed by atoms with Crippen molar-refractivity contribution in [3.63, 3.8) is 0 Å². The van der Waals surface area contributed by atoms with Crippen LogP contribution in [0, 0.1) is 0 Å². The third-order valence-corrected chi connectivity index (χ3v) is 4.62. The summed E-state index contributed by atoms with van der Waals surface area (Å²) in [6.45, 7) is 6.59. The lowest BCUT2D eigenvalue weighted by molar-refractivity contribution is -0.154. The number of hydrogen-bond donors (Lipinski definition) is 3. The van der Waals surface area contributed by atoms with E-state index < -0.39 is 11.9 Å². The number of carbonyl (C=O) groups excluding carboxylic acids is 2. The Morgan fingerprint density at radius 2 is 1.86 bits per heavy atom. The first-order valence-corrected chi connectivity index (χ1v) is 10.1. The second-order valence-corrected chi connectivity index (χ2v) is 8.25. The molecule has 1 aliphatic carbocycles. The van der Waals surface area contributed by atoms with Crippen molar-refractivity contribution in [1.29, 1.82) is 0 Å². The van der Waals surface area contributed by atoms with Crippen molar-refractivity contribution < 1.29 is 24.3 Å². The largest absolute Gasteiger partial charge is 0.461 e. The van der Waals surface area contributed by atoms with Crippen LogP contribution in [0.1, 0.15) is 57.6 Å². The number of carbonyl (C=O) groups is 2. The number of ether oxygens (including phenoxy) is 2. The lowest BCUT2D eigenvalue weighted by atomic mass is 10.1. The Morgan fingerprint density at radius 3 is 2.45 bits per heavy atom. The normalized spacial score (nSPS) is 16.1. The molecule has 1 saturated carbocycles. The first kappa shape index (κ1) is 23.1. The molecule has 3 N–H and O–H groups in total. The van der Waals surface area contributed by atoms with E-state index in [2.05, 4.69) is 5.32 Å². The van der Waals surface area contributed by atoms with E-state index in [0.717, 1.165) is 36.8 Å². The maximum absolute atomic E-state index is 12.6. The van der Waals surface area contributed by atoms with E-state index in [9.17, 15) is 9.59 Å². The average molecular weight is 405 g/mol. The van der Waals surface area contributed by atoms with Crippen LogP contribution in [-0.2, 0) is 25.6 Å². The standard InChI is InChI=1S/C22H32N2O5/c1-22(2,3)28-15-19(21(26)29-18-6-4-5-7-18)23-14-17-10-8-16(9-11-17)12-13-20(25)24-27/h8-13,18-19,23,27H,4-7,14-15H2,1-3H3,(H,24,25)/b13-12+/t19-/m0/s1. The summed E-state index contributed by atoms with van der Waals surface area (Å²) in [5.74, 6) is -0.853. The summed E-state index contributed by atoms with van der Waals surface area (Å²) in [7, 11) is 0. The number of benzene rings is 1. The Kier molecular flexibility index (Phi) is 8.82. The summed E-state index contributed by atoms with van der Waals surface area (Å²) in [6, 6.07) is 6.99. The molecule has 1 aromatic rings. The van der Waals surface area contributed by atoms with Gasteiger partial charge >= 0.3 is 5.97 Å². The number of nitrogens with one attached hydrogen (secondary N) is 2. The third kappa shape index (κ3) is 8.77. The van der Waals surface area contributed by atoms with Crippen molar-refractivity contribution in [3.8, 4) is 0 Å². The molecule has 0 aliphatic heterocycles. The maximum Gasteiger partial charge on any atom is 0.325 e. The Bertz CT molecular complexity index is 688. The zero-order chi connectivity index (χ0) is 21.3. The minimum Gasteiger partial charge on any atom is -0.461 e. The van der Waals surface area contributed by atoms with Gasteiger partial charge in [0.05, 0.1) is 12.2 Å². The van der Waals surface area contributed by atoms with Gasteiger partial charge in [-0.3, -0.25) is 20.1 Å². The fraction of sp³-hybridized carbons (Fsp3) is 0.545. The third-order valence-electron chi connectivity index (χ3n) is 4.62. The van der Waals surface area contributed by atoms with Crippen molar-refractivity contribution in [1.82, 2.24) is 10.8 Å². The minimum absolute atomic E-state index is 0.0172. The fourth-order valence-electron chi connectivity index (χ4n) is 2.99. The van der Waals surface area contributed by atoms with Gasteiger partial charge in [-0.05, 0) is 63.7 Å². The van der Waals surface area contributed by atoms with Gasteiger partial charge in [-0.2, -0.15) is 0 Å². The molecule has 2 rings (SSSR count). The highest BCUT2D eigenvalue weighted by Crippen LogP contribution is 2.21. The summed E-state index contributed by atoms with van der Waals surface area (Å²) in [4.78, 5) is 23.7. The molecule has 7 heteroatoms. The van der Waals surface area contributed by atoms with Crippen LogP contribution < -0.4 is 10.8 Å². The van der Waals surface area contributed by atoms with E-state index in [4.69, 9.17) is 14.7 Å². The molecule has 0 spiro atoms. The lowest BCUT2D eigenvalue weighted by Crippen LogP contribution is -2.44. The second-order valence-electron chi connectivity index (χ2n) is 8.25. The van der Waals surface area contributed by atoms with Crippen LogP contribution >= 0.6 is 0 Å². The fourth-order valence-corrected chi connectivity index (χ4v) is 2.99. The van der Waals surface area contributed by atoms with E-state index >= 15 is 0 Å². The van der Waals surface area contributed by atoms with Crippen molar-refractivity contribution in [2.24, 2.45) is 0 Å². The van der Waals surface area contributed by atoms with E-state index in [1.165, 1.54) is 6.08 Å². The highest BCUT2D eigenvalue weighted by Gasteiger charge is 2.27. The zero-order valence-corrected chi connectivity index (χ0v) is 17.4. The Balaban J connectivity index is 1.93. The number of esters is 1. The van der Waals surface area contributed by atoms with Crippen LogP contribution in [0.15, 0.2) is 30.3 Å².